The van der Waals surface area contributed by atoms with E-state index in [-0.39, 0.29) is 15.6 Å². The van der Waals surface area contributed by atoms with E-state index in [4.69, 9.17) is 0 Å². The minimum Gasteiger partial charge on any atom is -0.295 e. The van der Waals surface area contributed by atoms with Gasteiger partial charge in [-0.1, -0.05) is 12.1 Å². The molecule has 6 aromatic rings. The van der Waals surface area contributed by atoms with Crippen molar-refractivity contribution in [1.29, 1.82) is 0 Å². The molecule has 0 bridgehead atoms. The van der Waals surface area contributed by atoms with Crippen molar-refractivity contribution >= 4 is 56.2 Å². The summed E-state index contributed by atoms with van der Waals surface area (Å²) in [5.74, 6) is -71.5. The van der Waals surface area contributed by atoms with Crippen LogP contribution in [0.25, 0.3) is 0 Å². The number of hydrogen-bond donors (Lipinski definition) is 0. The van der Waals surface area contributed by atoms with Crippen molar-refractivity contribution in [2.24, 2.45) is 0 Å². The van der Waals surface area contributed by atoms with Crippen LogP contribution < -0.4 is 21.9 Å². The molecule has 64 heavy (non-hydrogen) atoms. The molecule has 0 aliphatic carbocycles. The first-order chi connectivity index (χ1) is 29.6. The normalized spacial score (nSPS) is 11.8. The Balaban J connectivity index is 0.000000337. The van der Waals surface area contributed by atoms with Gasteiger partial charge in [-0.15, -0.1) is 21.9 Å². The maximum atomic E-state index is 15.4. The van der Waals surface area contributed by atoms with Gasteiger partial charge in [0.2, 0.25) is 9.84 Å². The second kappa shape index (κ2) is 17.5. The molecule has 0 saturated heterocycles. The number of Topliss-reactive ketones (excluding diaryl/α,β-unsaturated/α-hetero) is 1. The van der Waals surface area contributed by atoms with Gasteiger partial charge in [0.05, 0.1) is 9.79 Å². The summed E-state index contributed by atoms with van der Waals surface area (Å²) in [4.78, 5) is 12.4. The number of carbonyl (C=O) groups is 1. The van der Waals surface area contributed by atoms with Crippen molar-refractivity contribution in [3.05, 3.63) is 170 Å². The monoisotopic (exact) mass is 972 g/mol. The SMILES string of the molecule is CC(=O)c1ccc(S(=O)(=O)c2ccc([SH2+])cc2)cc1.Fc1c(F)c(F)c([B-](c2c(F)c(F)c(F)c(F)c2F)(c2c(F)c(F)c(F)c(F)c2F)c2c(F)c(F)c(F)c(F)c2F)c(F)c1F. The third kappa shape index (κ3) is 7.52. The first-order valence-electron chi connectivity index (χ1n) is 16.5. The molecular weight excluding hydrogens is 959 g/mol. The lowest BCUT2D eigenvalue weighted by atomic mass is 9.12. The van der Waals surface area contributed by atoms with Crippen molar-refractivity contribution < 1.29 is 101 Å². The summed E-state index contributed by atoms with van der Waals surface area (Å²) < 4.78 is 319. The zero-order chi connectivity index (χ0) is 48.4. The fourth-order valence-corrected chi connectivity index (χ4v) is 7.94. The number of ketones is 1. The van der Waals surface area contributed by atoms with Crippen LogP contribution in [0.3, 0.4) is 0 Å². The summed E-state index contributed by atoms with van der Waals surface area (Å²) in [6.07, 6.45) is -7.22. The Hall–Kier alpha value is -6.05. The lowest BCUT2D eigenvalue weighted by Crippen LogP contribution is -2.81. The van der Waals surface area contributed by atoms with Crippen LogP contribution in [0.5, 0.6) is 0 Å². The van der Waals surface area contributed by atoms with Gasteiger partial charge in [-0.3, -0.25) is 4.79 Å². The van der Waals surface area contributed by atoms with E-state index in [0.29, 0.717) is 5.56 Å². The lowest BCUT2D eigenvalue weighted by molar-refractivity contribution is 0.101. The topological polar surface area (TPSA) is 51.2 Å². The van der Waals surface area contributed by atoms with E-state index >= 15 is 35.1 Å². The Kier molecular flexibility index (Phi) is 13.4. The molecule has 0 aromatic heterocycles. The highest BCUT2D eigenvalue weighted by Gasteiger charge is 2.52. The first-order valence-corrected chi connectivity index (χ1v) is 18.5. The van der Waals surface area contributed by atoms with E-state index in [1.165, 1.54) is 43.3 Å². The van der Waals surface area contributed by atoms with E-state index in [0.717, 1.165) is 4.90 Å². The highest BCUT2D eigenvalue weighted by molar-refractivity contribution is 7.91. The number of sulfone groups is 1. The third-order valence-electron chi connectivity index (χ3n) is 9.44. The quantitative estimate of drug-likeness (QED) is 0.0408. The van der Waals surface area contributed by atoms with Crippen LogP contribution in [0.2, 0.25) is 0 Å². The maximum absolute atomic E-state index is 15.4. The molecule has 0 radical (unpaired) electrons. The predicted octanol–water partition coefficient (Wildman–Crippen LogP) is 7.94. The standard InChI is InChI=1S/C24BF20.C14H12O3S2/c26-5-1(6(27)14(35)21(42)13(5)34)25(2-7(28)15(36)22(43)16(37)8(2)29,3-9(30)17(38)23(44)18(39)10(3)31)4-11(32)19(40)24(45)20(41)12(4)33;1-10(15)11-2-6-13(7-3-11)19(16,17)14-8-4-12(18)5-9-14/h;2-9,18H,1H3/q-1;/p+1. The van der Waals surface area contributed by atoms with E-state index in [2.05, 4.69) is 12.6 Å². The van der Waals surface area contributed by atoms with Gasteiger partial charge in [0.25, 0.3) is 0 Å². The van der Waals surface area contributed by atoms with Crippen LogP contribution in [-0.2, 0) is 22.5 Å². The summed E-state index contributed by atoms with van der Waals surface area (Å²) in [5, 5.41) is 0. The Morgan fingerprint density at radius 3 is 0.750 bits per heavy atom. The molecule has 26 heteroatoms. The molecule has 3 nitrogen and oxygen atoms in total. The third-order valence-corrected chi connectivity index (χ3v) is 11.6. The molecule has 0 atom stereocenters. The molecule has 0 saturated carbocycles. The maximum Gasteiger partial charge on any atom is 0.206 e. The fraction of sp³-hybridized carbons (Fsp3) is 0.0263. The van der Waals surface area contributed by atoms with Gasteiger partial charge in [0, 0.05) is 5.56 Å². The minimum absolute atomic E-state index is 0.0904. The Morgan fingerprint density at radius 2 is 0.547 bits per heavy atom. The van der Waals surface area contributed by atoms with E-state index < -0.39 is 154 Å². The summed E-state index contributed by atoms with van der Waals surface area (Å²) in [6, 6.07) is 12.4. The minimum atomic E-state index is -7.22. The lowest BCUT2D eigenvalue weighted by Gasteiger charge is -2.44. The van der Waals surface area contributed by atoms with Gasteiger partial charge in [0.1, 0.15) is 57.6 Å². The van der Waals surface area contributed by atoms with Crippen LogP contribution in [0.4, 0.5) is 87.8 Å². The summed E-state index contributed by atoms with van der Waals surface area (Å²) in [6.45, 7) is 1.44. The first kappa shape index (κ1) is 49.0. The molecule has 0 heterocycles. The zero-order valence-corrected chi connectivity index (χ0v) is 32.2. The number of rotatable bonds is 7. The van der Waals surface area contributed by atoms with Gasteiger partial charge >= 0.3 is 0 Å². The van der Waals surface area contributed by atoms with Crippen molar-refractivity contribution in [3.8, 4) is 0 Å². The van der Waals surface area contributed by atoms with Crippen LogP contribution in [0.1, 0.15) is 17.3 Å². The second-order valence-electron chi connectivity index (χ2n) is 12.9. The summed E-state index contributed by atoms with van der Waals surface area (Å²) >= 11 is 3.31. The van der Waals surface area contributed by atoms with E-state index in [1.54, 1.807) is 12.1 Å². The number of halogens is 20. The molecule has 0 amide bonds. The van der Waals surface area contributed by atoms with Gasteiger partial charge in [-0.05, 0) is 56.0 Å². The number of carbonyl (C=O) groups excluding carboxylic acids is 1. The fourth-order valence-electron chi connectivity index (χ4n) is 6.51. The van der Waals surface area contributed by atoms with Crippen molar-refractivity contribution in [3.63, 3.8) is 0 Å². The van der Waals surface area contributed by atoms with Gasteiger partial charge in [-0.25, -0.2) is 96.2 Å². The molecule has 338 valence electrons. The smallest absolute Gasteiger partial charge is 0.206 e. The molecule has 6 aromatic carbocycles. The molecule has 0 N–H and O–H groups in total. The summed E-state index contributed by atoms with van der Waals surface area (Å²) in [7, 11) is -3.53. The molecule has 0 aliphatic rings. The molecule has 6 rings (SSSR count). The van der Waals surface area contributed by atoms with E-state index in [1.807, 2.05) is 0 Å². The van der Waals surface area contributed by atoms with Crippen LogP contribution in [0, 0.1) is 116 Å². The molecule has 0 fully saturated rings. The Morgan fingerprint density at radius 1 is 0.359 bits per heavy atom. The highest BCUT2D eigenvalue weighted by Crippen LogP contribution is 2.31. The van der Waals surface area contributed by atoms with Gasteiger partial charge in [-0.2, -0.15) is 0 Å². The van der Waals surface area contributed by atoms with Crippen molar-refractivity contribution in [1.82, 2.24) is 0 Å². The molecule has 0 aliphatic heterocycles. The average Bonchev–Trinajstić information content (AvgIpc) is 3.26. The highest BCUT2D eigenvalue weighted by atomic mass is 32.2. The Labute approximate surface area is 348 Å². The zero-order valence-electron chi connectivity index (χ0n) is 30.4. The van der Waals surface area contributed by atoms with Crippen molar-refractivity contribution in [2.45, 2.75) is 21.6 Å². The number of benzene rings is 6. The van der Waals surface area contributed by atoms with Crippen LogP contribution in [-0.4, -0.2) is 20.3 Å². The van der Waals surface area contributed by atoms with Crippen molar-refractivity contribution in [2.75, 3.05) is 0 Å². The number of hydrogen-bond acceptors (Lipinski definition) is 3. The van der Waals surface area contributed by atoms with Gasteiger partial charge in [0.15, 0.2) is 75.6 Å². The van der Waals surface area contributed by atoms with Gasteiger partial charge < -0.3 is 0 Å². The molecule has 0 unspecified atom stereocenters. The molecular formula is C38H13BF20O3S2. The van der Waals surface area contributed by atoms with Crippen LogP contribution in [0.15, 0.2) is 63.2 Å². The second-order valence-corrected chi connectivity index (χ2v) is 15.4. The molecule has 0 spiro atoms. The predicted molar refractivity (Wildman–Crippen MR) is 186 cm³/mol. The van der Waals surface area contributed by atoms with E-state index in [9.17, 15) is 65.9 Å². The Bertz CT molecular complexity index is 2660. The largest absolute Gasteiger partial charge is 0.295 e. The average molecular weight is 972 g/mol. The van der Waals surface area contributed by atoms with Crippen LogP contribution >= 0.6 is 0 Å². The summed E-state index contributed by atoms with van der Waals surface area (Å²) in [5.41, 5.74) is -13.8.